The van der Waals surface area contributed by atoms with Gasteiger partial charge in [-0.3, -0.25) is 0 Å². The number of phenols is 1. The van der Waals surface area contributed by atoms with E-state index >= 15 is 0 Å². The third kappa shape index (κ3) is 3.33. The van der Waals surface area contributed by atoms with E-state index in [2.05, 4.69) is 24.5 Å². The van der Waals surface area contributed by atoms with E-state index in [-0.39, 0.29) is 22.4 Å². The Morgan fingerprint density at radius 2 is 1.89 bits per heavy atom. The van der Waals surface area contributed by atoms with E-state index < -0.39 is 5.54 Å². The van der Waals surface area contributed by atoms with Gasteiger partial charge in [0.25, 0.3) is 0 Å². The van der Waals surface area contributed by atoms with E-state index in [1.165, 1.54) is 0 Å². The maximum atomic E-state index is 10.1. The number of phenolic OH excluding ortho intramolecular Hbond substituents is 1. The summed E-state index contributed by atoms with van der Waals surface area (Å²) in [4.78, 5) is 0. The standard InChI is InChI=1S/C20H20Cl2N2O2S/c1-19(2)10-20(24-18(27)23-19)9-17(11-5-3-4-6-13(11)21)26-16-8-15(25)14(22)7-12(16)20/h3-8,17,25H,9-10H2,1-2H3,(H2,23,24,27)/t17-,20+/m1/s1. The molecule has 1 fully saturated rings. The molecule has 4 rings (SSSR count). The number of benzene rings is 2. The van der Waals surface area contributed by atoms with Crippen LogP contribution in [0.15, 0.2) is 36.4 Å². The molecule has 0 amide bonds. The van der Waals surface area contributed by atoms with Gasteiger partial charge in [-0.1, -0.05) is 41.4 Å². The highest BCUT2D eigenvalue weighted by Gasteiger charge is 2.49. The SMILES string of the molecule is CC1(C)C[C@]2(C[C@H](c3ccccc3Cl)Oc3cc(O)c(Cl)cc32)NC(=S)N1. The maximum Gasteiger partial charge on any atom is 0.167 e. The summed E-state index contributed by atoms with van der Waals surface area (Å²) in [6, 6.07) is 11.0. The minimum absolute atomic E-state index is 0.0128. The van der Waals surface area contributed by atoms with Crippen molar-refractivity contribution < 1.29 is 9.84 Å². The van der Waals surface area contributed by atoms with Gasteiger partial charge in [0.15, 0.2) is 5.11 Å². The lowest BCUT2D eigenvalue weighted by atomic mass is 9.72. The normalized spacial score (nSPS) is 25.9. The van der Waals surface area contributed by atoms with Crippen molar-refractivity contribution in [3.63, 3.8) is 0 Å². The second kappa shape index (κ2) is 6.43. The van der Waals surface area contributed by atoms with Gasteiger partial charge >= 0.3 is 0 Å². The largest absolute Gasteiger partial charge is 0.506 e. The Hall–Kier alpha value is -1.69. The Labute approximate surface area is 173 Å². The van der Waals surface area contributed by atoms with Crippen molar-refractivity contribution in [2.24, 2.45) is 0 Å². The summed E-state index contributed by atoms with van der Waals surface area (Å²) < 4.78 is 6.26. The Balaban J connectivity index is 1.88. The number of ether oxygens (including phenoxy) is 1. The summed E-state index contributed by atoms with van der Waals surface area (Å²) in [7, 11) is 0. The summed E-state index contributed by atoms with van der Waals surface area (Å²) in [5, 5.41) is 18.4. The number of fused-ring (bicyclic) bond motifs is 2. The zero-order valence-corrected chi connectivity index (χ0v) is 17.3. The highest BCUT2D eigenvalue weighted by molar-refractivity contribution is 7.80. The number of rotatable bonds is 1. The van der Waals surface area contributed by atoms with Crippen LogP contribution in [0.2, 0.25) is 10.0 Å². The topological polar surface area (TPSA) is 53.5 Å². The lowest BCUT2D eigenvalue weighted by Gasteiger charge is -2.51. The fourth-order valence-corrected chi connectivity index (χ4v) is 5.12. The third-order valence-corrected chi connectivity index (χ3v) is 6.02. The van der Waals surface area contributed by atoms with Gasteiger partial charge in [0.1, 0.15) is 17.6 Å². The average molecular weight is 423 g/mol. The first-order valence-corrected chi connectivity index (χ1v) is 9.90. The van der Waals surface area contributed by atoms with Gasteiger partial charge in [-0.15, -0.1) is 0 Å². The summed E-state index contributed by atoms with van der Waals surface area (Å²) in [5.74, 6) is 0.571. The van der Waals surface area contributed by atoms with Crippen LogP contribution in [-0.4, -0.2) is 15.8 Å². The van der Waals surface area contributed by atoms with Crippen LogP contribution in [0.1, 0.15) is 43.9 Å². The van der Waals surface area contributed by atoms with Crippen LogP contribution < -0.4 is 15.4 Å². The first kappa shape index (κ1) is 18.7. The van der Waals surface area contributed by atoms with Crippen LogP contribution in [0.25, 0.3) is 0 Å². The van der Waals surface area contributed by atoms with Crippen LogP contribution in [0.3, 0.4) is 0 Å². The summed E-state index contributed by atoms with van der Waals surface area (Å²) in [6.07, 6.45) is 1.12. The van der Waals surface area contributed by atoms with E-state index in [1.54, 1.807) is 12.1 Å². The summed E-state index contributed by atoms with van der Waals surface area (Å²) >= 11 is 18.2. The first-order chi connectivity index (χ1) is 12.7. The van der Waals surface area contributed by atoms with Crippen LogP contribution in [0.4, 0.5) is 0 Å². The lowest BCUT2D eigenvalue weighted by molar-refractivity contribution is 0.0870. The minimum atomic E-state index is -0.486. The second-order valence-electron chi connectivity index (χ2n) is 7.85. The Kier molecular flexibility index (Phi) is 4.45. The van der Waals surface area contributed by atoms with Crippen LogP contribution in [0, 0.1) is 0 Å². The molecule has 2 aromatic carbocycles. The van der Waals surface area contributed by atoms with Crippen molar-refractivity contribution in [2.45, 2.75) is 43.9 Å². The molecular formula is C20H20Cl2N2O2S. The van der Waals surface area contributed by atoms with Gasteiger partial charge in [0, 0.05) is 34.2 Å². The number of halogens is 2. The molecule has 2 atom stereocenters. The van der Waals surface area contributed by atoms with Crippen molar-refractivity contribution in [1.82, 2.24) is 10.6 Å². The van der Waals surface area contributed by atoms with Gasteiger partial charge in [0.2, 0.25) is 0 Å². The molecule has 0 saturated carbocycles. The van der Waals surface area contributed by atoms with Crippen LogP contribution >= 0.6 is 35.4 Å². The average Bonchev–Trinajstić information content (AvgIpc) is 2.55. The van der Waals surface area contributed by atoms with Gasteiger partial charge < -0.3 is 20.5 Å². The van der Waals surface area contributed by atoms with E-state index in [9.17, 15) is 5.11 Å². The molecule has 1 spiro atoms. The predicted molar refractivity (Wildman–Crippen MR) is 112 cm³/mol. The zero-order valence-electron chi connectivity index (χ0n) is 15.0. The molecule has 2 aromatic rings. The molecule has 27 heavy (non-hydrogen) atoms. The smallest absolute Gasteiger partial charge is 0.167 e. The molecular weight excluding hydrogens is 403 g/mol. The van der Waals surface area contributed by atoms with Crippen molar-refractivity contribution in [3.05, 3.63) is 57.6 Å². The fraction of sp³-hybridized carbons (Fsp3) is 0.350. The summed E-state index contributed by atoms with van der Waals surface area (Å²) in [5.41, 5.74) is 1.10. The molecule has 2 heterocycles. The molecule has 0 unspecified atom stereocenters. The molecule has 0 radical (unpaired) electrons. The molecule has 7 heteroatoms. The monoisotopic (exact) mass is 422 g/mol. The molecule has 2 aliphatic heterocycles. The van der Waals surface area contributed by atoms with E-state index in [4.69, 9.17) is 40.2 Å². The molecule has 0 bridgehead atoms. The Morgan fingerprint density at radius 1 is 1.15 bits per heavy atom. The second-order valence-corrected chi connectivity index (χ2v) is 9.08. The maximum absolute atomic E-state index is 10.1. The molecule has 3 N–H and O–H groups in total. The van der Waals surface area contributed by atoms with Gasteiger partial charge in [-0.2, -0.15) is 0 Å². The molecule has 2 aliphatic rings. The molecule has 4 nitrogen and oxygen atoms in total. The fourth-order valence-electron chi connectivity index (χ4n) is 4.23. The number of aromatic hydroxyl groups is 1. The number of hydrogen-bond acceptors (Lipinski definition) is 3. The molecule has 0 aliphatic carbocycles. The quantitative estimate of drug-likeness (QED) is 0.560. The highest BCUT2D eigenvalue weighted by atomic mass is 35.5. The van der Waals surface area contributed by atoms with Crippen molar-refractivity contribution in [1.29, 1.82) is 0 Å². The Bertz CT molecular complexity index is 934. The third-order valence-electron chi connectivity index (χ3n) is 5.17. The lowest BCUT2D eigenvalue weighted by Crippen LogP contribution is -2.65. The van der Waals surface area contributed by atoms with Crippen LogP contribution in [0.5, 0.6) is 11.5 Å². The van der Waals surface area contributed by atoms with E-state index in [1.807, 2.05) is 24.3 Å². The van der Waals surface area contributed by atoms with Crippen LogP contribution in [-0.2, 0) is 5.54 Å². The molecule has 0 aromatic heterocycles. The van der Waals surface area contributed by atoms with Crippen molar-refractivity contribution >= 4 is 40.5 Å². The molecule has 1 saturated heterocycles. The number of thiocarbonyl (C=S) groups is 1. The van der Waals surface area contributed by atoms with Gasteiger partial charge in [0.05, 0.1) is 10.6 Å². The van der Waals surface area contributed by atoms with Crippen molar-refractivity contribution in [3.8, 4) is 11.5 Å². The first-order valence-electron chi connectivity index (χ1n) is 8.74. The summed E-state index contributed by atoms with van der Waals surface area (Å²) in [6.45, 7) is 4.23. The van der Waals surface area contributed by atoms with Gasteiger partial charge in [-0.25, -0.2) is 0 Å². The number of nitrogens with one attached hydrogen (secondary N) is 2. The predicted octanol–water partition coefficient (Wildman–Crippen LogP) is 5.06. The molecule has 142 valence electrons. The number of hydrogen-bond donors (Lipinski definition) is 3. The minimum Gasteiger partial charge on any atom is -0.506 e. The van der Waals surface area contributed by atoms with Gasteiger partial charge in [-0.05, 0) is 44.6 Å². The highest BCUT2D eigenvalue weighted by Crippen LogP contribution is 2.51. The van der Waals surface area contributed by atoms with E-state index in [0.29, 0.717) is 22.3 Å². The van der Waals surface area contributed by atoms with Crippen molar-refractivity contribution in [2.75, 3.05) is 0 Å². The zero-order chi connectivity index (χ0) is 19.4. The van der Waals surface area contributed by atoms with E-state index in [0.717, 1.165) is 17.5 Å². The Morgan fingerprint density at radius 3 is 2.59 bits per heavy atom.